The van der Waals surface area contributed by atoms with Gasteiger partial charge in [0.15, 0.2) is 5.41 Å². The summed E-state index contributed by atoms with van der Waals surface area (Å²) in [5.41, 5.74) is 0.459. The van der Waals surface area contributed by atoms with Crippen molar-refractivity contribution in [3.05, 3.63) is 29.6 Å². The van der Waals surface area contributed by atoms with Crippen molar-refractivity contribution in [1.82, 2.24) is 4.98 Å². The number of carbonyl (C=O) groups excluding carboxylic acids is 2. The second-order valence-corrected chi connectivity index (χ2v) is 5.56. The average Bonchev–Trinajstić information content (AvgIpc) is 2.25. The van der Waals surface area contributed by atoms with Crippen LogP contribution >= 0.6 is 0 Å². The molecule has 1 aromatic rings. The van der Waals surface area contributed by atoms with E-state index in [2.05, 4.69) is 4.98 Å². The molecule has 5 heteroatoms. The summed E-state index contributed by atoms with van der Waals surface area (Å²) in [6.07, 6.45) is 3.57. The molecular formula is C14H17NO4. The number of rotatable bonds is 2. The number of cyclic esters (lactones) is 2. The fourth-order valence-corrected chi connectivity index (χ4v) is 2.04. The van der Waals surface area contributed by atoms with Crippen molar-refractivity contribution >= 4 is 11.9 Å². The van der Waals surface area contributed by atoms with Gasteiger partial charge in [-0.3, -0.25) is 14.6 Å². The summed E-state index contributed by atoms with van der Waals surface area (Å²) in [7, 11) is 0. The van der Waals surface area contributed by atoms with Gasteiger partial charge in [0, 0.05) is 32.7 Å². The van der Waals surface area contributed by atoms with Gasteiger partial charge in [-0.25, -0.2) is 0 Å². The summed E-state index contributed by atoms with van der Waals surface area (Å²) in [6, 6.07) is 1.89. The number of ether oxygens (including phenoxy) is 2. The second-order valence-electron chi connectivity index (χ2n) is 5.56. The minimum absolute atomic E-state index is 0.218. The Balaban J connectivity index is 2.27. The summed E-state index contributed by atoms with van der Waals surface area (Å²) in [5, 5.41) is 0. The van der Waals surface area contributed by atoms with Crippen molar-refractivity contribution in [1.29, 1.82) is 0 Å². The Bertz CT molecular complexity index is 516. The van der Waals surface area contributed by atoms with E-state index < -0.39 is 23.1 Å². The molecule has 0 N–H and O–H groups in total. The van der Waals surface area contributed by atoms with Crippen LogP contribution in [0, 0.1) is 12.3 Å². The molecule has 1 saturated heterocycles. The van der Waals surface area contributed by atoms with Gasteiger partial charge in [-0.15, -0.1) is 0 Å². The molecule has 0 amide bonds. The van der Waals surface area contributed by atoms with Crippen molar-refractivity contribution in [2.75, 3.05) is 0 Å². The first-order valence-corrected chi connectivity index (χ1v) is 6.10. The van der Waals surface area contributed by atoms with E-state index in [1.54, 1.807) is 12.4 Å². The van der Waals surface area contributed by atoms with Crippen molar-refractivity contribution in [3.63, 3.8) is 0 Å². The van der Waals surface area contributed by atoms with Gasteiger partial charge in [0.1, 0.15) is 0 Å². The van der Waals surface area contributed by atoms with Gasteiger partial charge in [0.05, 0.1) is 0 Å². The number of carbonyl (C=O) groups is 2. The topological polar surface area (TPSA) is 65.5 Å². The van der Waals surface area contributed by atoms with E-state index in [9.17, 15) is 9.59 Å². The maximum Gasteiger partial charge on any atom is 0.326 e. The Morgan fingerprint density at radius 1 is 1.11 bits per heavy atom. The molecule has 2 rings (SSSR count). The molecule has 0 radical (unpaired) electrons. The smallest absolute Gasteiger partial charge is 0.326 e. The van der Waals surface area contributed by atoms with Crippen LogP contribution in [0.25, 0.3) is 0 Å². The second kappa shape index (κ2) is 4.33. The van der Waals surface area contributed by atoms with Crippen LogP contribution in [-0.2, 0) is 25.5 Å². The van der Waals surface area contributed by atoms with Crippen molar-refractivity contribution in [2.45, 2.75) is 39.9 Å². The van der Waals surface area contributed by atoms with Gasteiger partial charge in [-0.05, 0) is 25.0 Å². The Kier molecular flexibility index (Phi) is 3.08. The number of hydrogen-bond donors (Lipinski definition) is 0. The molecule has 0 atom stereocenters. The Morgan fingerprint density at radius 2 is 1.68 bits per heavy atom. The molecule has 0 aromatic carbocycles. The molecule has 0 bridgehead atoms. The molecule has 0 saturated carbocycles. The summed E-state index contributed by atoms with van der Waals surface area (Å²) in [6.45, 7) is 6.52. The van der Waals surface area contributed by atoms with E-state index in [1.165, 1.54) is 20.8 Å². The quantitative estimate of drug-likeness (QED) is 0.601. The molecular weight excluding hydrogens is 246 g/mol. The van der Waals surface area contributed by atoms with Crippen LogP contribution in [0.2, 0.25) is 0 Å². The van der Waals surface area contributed by atoms with E-state index in [1.807, 2.05) is 13.0 Å². The van der Waals surface area contributed by atoms with Crippen molar-refractivity contribution in [3.8, 4) is 0 Å². The molecule has 19 heavy (non-hydrogen) atoms. The SMILES string of the molecule is Cc1cncc(CC2(C)C(=O)OC(C)(C)OC2=O)c1. The van der Waals surface area contributed by atoms with Crippen LogP contribution in [0.3, 0.4) is 0 Å². The van der Waals surface area contributed by atoms with Crippen LogP contribution in [0.5, 0.6) is 0 Å². The number of hydrogen-bond acceptors (Lipinski definition) is 5. The molecule has 2 heterocycles. The van der Waals surface area contributed by atoms with E-state index in [0.717, 1.165) is 11.1 Å². The minimum atomic E-state index is -1.31. The highest BCUT2D eigenvalue weighted by molar-refractivity contribution is 6.01. The van der Waals surface area contributed by atoms with Gasteiger partial charge in [-0.1, -0.05) is 6.07 Å². The number of aryl methyl sites for hydroxylation is 1. The van der Waals surface area contributed by atoms with Crippen LogP contribution < -0.4 is 0 Å². The number of nitrogens with zero attached hydrogens (tertiary/aromatic N) is 1. The zero-order chi connectivity index (χ0) is 14.3. The molecule has 0 unspecified atom stereocenters. The Hall–Kier alpha value is -1.91. The standard InChI is InChI=1S/C14H17NO4/c1-9-5-10(8-15-7-9)6-14(4)11(16)18-13(2,3)19-12(14)17/h5,7-8H,6H2,1-4H3. The highest BCUT2D eigenvalue weighted by atomic mass is 16.7. The monoisotopic (exact) mass is 263 g/mol. The van der Waals surface area contributed by atoms with Gasteiger partial charge in [-0.2, -0.15) is 0 Å². The van der Waals surface area contributed by atoms with Crippen LogP contribution in [0.4, 0.5) is 0 Å². The fraction of sp³-hybridized carbons (Fsp3) is 0.500. The lowest BCUT2D eigenvalue weighted by atomic mass is 9.83. The van der Waals surface area contributed by atoms with E-state index in [-0.39, 0.29) is 6.42 Å². The maximum absolute atomic E-state index is 12.1. The third-order valence-corrected chi connectivity index (χ3v) is 3.07. The minimum Gasteiger partial charge on any atom is -0.422 e. The first kappa shape index (κ1) is 13.5. The summed E-state index contributed by atoms with van der Waals surface area (Å²) >= 11 is 0. The lowest BCUT2D eigenvalue weighted by Gasteiger charge is -2.38. The predicted octanol–water partition coefficient (Wildman–Crippen LogP) is 1.77. The fourth-order valence-electron chi connectivity index (χ4n) is 2.04. The number of esters is 2. The Labute approximate surface area is 111 Å². The third-order valence-electron chi connectivity index (χ3n) is 3.07. The van der Waals surface area contributed by atoms with Crippen LogP contribution in [0.1, 0.15) is 31.9 Å². The van der Waals surface area contributed by atoms with Crippen molar-refractivity contribution in [2.24, 2.45) is 5.41 Å². The Morgan fingerprint density at radius 3 is 2.21 bits per heavy atom. The average molecular weight is 263 g/mol. The molecule has 102 valence electrons. The number of aromatic nitrogens is 1. The van der Waals surface area contributed by atoms with Gasteiger partial charge >= 0.3 is 11.9 Å². The largest absolute Gasteiger partial charge is 0.422 e. The predicted molar refractivity (Wildman–Crippen MR) is 67.0 cm³/mol. The highest BCUT2D eigenvalue weighted by Gasteiger charge is 2.52. The molecule has 1 fully saturated rings. The molecule has 1 aliphatic heterocycles. The van der Waals surface area contributed by atoms with E-state index >= 15 is 0 Å². The molecule has 1 aliphatic rings. The summed E-state index contributed by atoms with van der Waals surface area (Å²) < 4.78 is 10.3. The van der Waals surface area contributed by atoms with Crippen LogP contribution in [0.15, 0.2) is 18.5 Å². The summed E-state index contributed by atoms with van der Waals surface area (Å²) in [4.78, 5) is 28.2. The van der Waals surface area contributed by atoms with E-state index in [4.69, 9.17) is 9.47 Å². The maximum atomic E-state index is 12.1. The third kappa shape index (κ3) is 2.59. The normalized spacial score (nSPS) is 20.6. The molecule has 0 aliphatic carbocycles. The first-order chi connectivity index (χ1) is 8.73. The molecule has 0 spiro atoms. The van der Waals surface area contributed by atoms with E-state index in [0.29, 0.717) is 0 Å². The highest BCUT2D eigenvalue weighted by Crippen LogP contribution is 2.34. The summed E-state index contributed by atoms with van der Waals surface area (Å²) in [5.74, 6) is -2.32. The first-order valence-electron chi connectivity index (χ1n) is 6.10. The molecule has 5 nitrogen and oxygen atoms in total. The van der Waals surface area contributed by atoms with Gasteiger partial charge in [0.2, 0.25) is 0 Å². The lowest BCUT2D eigenvalue weighted by molar-refractivity contribution is -0.249. The lowest BCUT2D eigenvalue weighted by Crippen LogP contribution is -2.53. The number of pyridine rings is 1. The van der Waals surface area contributed by atoms with Crippen LogP contribution in [-0.4, -0.2) is 22.7 Å². The van der Waals surface area contributed by atoms with Gasteiger partial charge in [0.25, 0.3) is 5.79 Å². The zero-order valence-corrected chi connectivity index (χ0v) is 11.5. The zero-order valence-electron chi connectivity index (χ0n) is 11.5. The van der Waals surface area contributed by atoms with Crippen molar-refractivity contribution < 1.29 is 19.1 Å². The van der Waals surface area contributed by atoms with Gasteiger partial charge < -0.3 is 9.47 Å². The molecule has 1 aromatic heterocycles.